The maximum absolute atomic E-state index is 7.27. The average molecular weight is 314 g/mol. The van der Waals surface area contributed by atoms with Gasteiger partial charge in [0.2, 0.25) is 5.65 Å². The second kappa shape index (κ2) is 5.32. The first-order valence-corrected chi connectivity index (χ1v) is 7.51. The highest BCUT2D eigenvalue weighted by Crippen LogP contribution is 2.33. The van der Waals surface area contributed by atoms with E-state index < -0.39 is 0 Å². The molecule has 0 aromatic carbocycles. The lowest BCUT2D eigenvalue weighted by molar-refractivity contribution is 1.04. The third kappa shape index (κ3) is 2.15. The molecule has 0 aliphatic rings. The van der Waals surface area contributed by atoms with Gasteiger partial charge in [-0.15, -0.1) is 0 Å². The molecule has 0 aliphatic heterocycles. The number of aromatic amines is 1. The van der Waals surface area contributed by atoms with Crippen LogP contribution in [0.25, 0.3) is 33.0 Å². The minimum atomic E-state index is 0.489. The molecule has 6 heteroatoms. The number of aromatic nitrogens is 5. The van der Waals surface area contributed by atoms with Gasteiger partial charge in [-0.3, -0.25) is 10.1 Å². The Hall–Kier alpha value is -3.46. The van der Waals surface area contributed by atoms with Crippen molar-refractivity contribution in [3.63, 3.8) is 0 Å². The summed E-state index contributed by atoms with van der Waals surface area (Å²) in [6.07, 6.45) is 3.50. The molecule has 0 aliphatic carbocycles. The summed E-state index contributed by atoms with van der Waals surface area (Å²) in [6, 6.07) is 9.79. The van der Waals surface area contributed by atoms with Gasteiger partial charge in [-0.1, -0.05) is 12.6 Å². The van der Waals surface area contributed by atoms with E-state index in [-0.39, 0.29) is 0 Å². The maximum Gasteiger partial charge on any atom is 0.254 e. The molecule has 4 rings (SSSR count). The molecule has 0 fully saturated rings. The predicted molar refractivity (Wildman–Crippen MR) is 91.7 cm³/mol. The van der Waals surface area contributed by atoms with Crippen LogP contribution in [0.3, 0.4) is 0 Å². The number of hydrogen-bond donors (Lipinski definition) is 1. The summed E-state index contributed by atoms with van der Waals surface area (Å²) < 4.78 is 1.79. The summed E-state index contributed by atoms with van der Waals surface area (Å²) in [5.74, 6) is 0.489. The molecule has 0 saturated carbocycles. The second-order valence-electron chi connectivity index (χ2n) is 5.61. The van der Waals surface area contributed by atoms with E-state index in [0.717, 1.165) is 39.5 Å². The highest BCUT2D eigenvalue weighted by Gasteiger charge is 2.17. The van der Waals surface area contributed by atoms with Crippen LogP contribution in [0.4, 0.5) is 5.82 Å². The van der Waals surface area contributed by atoms with Crippen LogP contribution in [0.5, 0.6) is 0 Å². The zero-order chi connectivity index (χ0) is 16.7. The number of nitrogens with zero attached hydrogens (tertiary/aromatic N) is 5. The van der Waals surface area contributed by atoms with Crippen molar-refractivity contribution in [2.24, 2.45) is 0 Å². The first-order valence-electron chi connectivity index (χ1n) is 7.51. The van der Waals surface area contributed by atoms with E-state index in [9.17, 15) is 0 Å². The Morgan fingerprint density at radius 3 is 2.83 bits per heavy atom. The number of rotatable bonds is 2. The Bertz CT molecular complexity index is 1100. The number of imidazole rings is 1. The third-order valence-corrected chi connectivity index (χ3v) is 3.97. The number of aryl methyl sites for hydroxylation is 2. The largest absolute Gasteiger partial charge is 0.362 e. The Kier molecular flexibility index (Phi) is 3.14. The summed E-state index contributed by atoms with van der Waals surface area (Å²) in [5, 5.41) is 7.49. The molecular formula is C18H14N6. The van der Waals surface area contributed by atoms with Crippen LogP contribution in [-0.2, 0) is 0 Å². The van der Waals surface area contributed by atoms with Crippen molar-refractivity contribution in [1.82, 2.24) is 24.6 Å². The Balaban J connectivity index is 1.94. The molecule has 4 aromatic rings. The van der Waals surface area contributed by atoms with Crippen molar-refractivity contribution in [3.05, 3.63) is 65.5 Å². The number of pyridine rings is 2. The van der Waals surface area contributed by atoms with E-state index in [0.29, 0.717) is 5.82 Å². The summed E-state index contributed by atoms with van der Waals surface area (Å²) in [7, 11) is 0. The van der Waals surface area contributed by atoms with Crippen LogP contribution in [0.1, 0.15) is 11.4 Å². The van der Waals surface area contributed by atoms with Gasteiger partial charge < -0.3 is 4.85 Å². The van der Waals surface area contributed by atoms with E-state index >= 15 is 0 Å². The van der Waals surface area contributed by atoms with Crippen molar-refractivity contribution in [1.29, 1.82) is 0 Å². The molecule has 0 atom stereocenters. The fourth-order valence-corrected chi connectivity index (χ4v) is 2.84. The minimum absolute atomic E-state index is 0.489. The van der Waals surface area contributed by atoms with Gasteiger partial charge in [0.05, 0.1) is 18.1 Å². The van der Waals surface area contributed by atoms with E-state index in [1.807, 2.05) is 50.4 Å². The van der Waals surface area contributed by atoms with Crippen LogP contribution in [0.15, 0.2) is 42.7 Å². The highest BCUT2D eigenvalue weighted by molar-refractivity contribution is 5.81. The van der Waals surface area contributed by atoms with E-state index in [4.69, 9.17) is 6.57 Å². The fraction of sp³-hybridized carbons (Fsp3) is 0.111. The first kappa shape index (κ1) is 14.2. The van der Waals surface area contributed by atoms with Crippen molar-refractivity contribution >= 4 is 11.5 Å². The van der Waals surface area contributed by atoms with Crippen molar-refractivity contribution < 1.29 is 0 Å². The summed E-state index contributed by atoms with van der Waals surface area (Å²) in [6.45, 7) is 11.2. The van der Waals surface area contributed by atoms with Gasteiger partial charge in [-0.25, -0.2) is 9.38 Å². The smallest absolute Gasteiger partial charge is 0.254 e. The molecule has 0 bridgehead atoms. The molecule has 0 unspecified atom stereocenters. The van der Waals surface area contributed by atoms with Gasteiger partial charge in [0.1, 0.15) is 5.69 Å². The predicted octanol–water partition coefficient (Wildman–Crippen LogP) is 3.95. The van der Waals surface area contributed by atoms with Crippen molar-refractivity contribution in [2.45, 2.75) is 13.8 Å². The Morgan fingerprint density at radius 1 is 1.17 bits per heavy atom. The molecule has 0 spiro atoms. The maximum atomic E-state index is 7.27. The lowest BCUT2D eigenvalue weighted by atomic mass is 10.0. The first-order chi connectivity index (χ1) is 11.7. The van der Waals surface area contributed by atoms with Gasteiger partial charge in [-0.05, 0) is 32.0 Å². The van der Waals surface area contributed by atoms with E-state index in [2.05, 4.69) is 25.0 Å². The number of nitrogens with one attached hydrogen (secondary N) is 1. The lowest BCUT2D eigenvalue weighted by Gasteiger charge is -2.05. The zero-order valence-corrected chi connectivity index (χ0v) is 13.3. The van der Waals surface area contributed by atoms with E-state index in [1.165, 1.54) is 0 Å². The Morgan fingerprint density at radius 2 is 2.04 bits per heavy atom. The van der Waals surface area contributed by atoms with Gasteiger partial charge in [0, 0.05) is 28.6 Å². The van der Waals surface area contributed by atoms with Crippen LogP contribution in [0.2, 0.25) is 0 Å². The highest BCUT2D eigenvalue weighted by atomic mass is 15.1. The normalized spacial score (nSPS) is 10.9. The molecular weight excluding hydrogens is 300 g/mol. The lowest BCUT2D eigenvalue weighted by Crippen LogP contribution is -1.91. The topological polar surface area (TPSA) is 63.2 Å². The zero-order valence-electron chi connectivity index (χ0n) is 13.3. The van der Waals surface area contributed by atoms with Crippen LogP contribution < -0.4 is 0 Å². The summed E-state index contributed by atoms with van der Waals surface area (Å²) >= 11 is 0. The van der Waals surface area contributed by atoms with Crippen LogP contribution in [0, 0.1) is 20.4 Å². The van der Waals surface area contributed by atoms with Gasteiger partial charge >= 0.3 is 0 Å². The molecule has 24 heavy (non-hydrogen) atoms. The molecule has 116 valence electrons. The molecule has 6 nitrogen and oxygen atoms in total. The third-order valence-electron chi connectivity index (χ3n) is 3.97. The fourth-order valence-electron chi connectivity index (χ4n) is 2.84. The SMILES string of the molecule is [C-]#[N+]c1cnc2ccc(-c3c(-c4cccc(C)n4)n[nH]c3C)cn12. The summed E-state index contributed by atoms with van der Waals surface area (Å²) in [5.41, 5.74) is 6.23. The van der Waals surface area contributed by atoms with Crippen LogP contribution >= 0.6 is 0 Å². The van der Waals surface area contributed by atoms with Crippen molar-refractivity contribution in [2.75, 3.05) is 0 Å². The molecule has 4 aromatic heterocycles. The number of hydrogen-bond acceptors (Lipinski definition) is 3. The molecule has 0 amide bonds. The average Bonchev–Trinajstić information content (AvgIpc) is 3.17. The van der Waals surface area contributed by atoms with Gasteiger partial charge in [0.15, 0.2) is 0 Å². The standard InChI is InChI=1S/C18H14N6/c1-11-5-4-6-14(21-11)18-17(12(2)22-23-18)13-7-8-15-20-9-16(19-3)24(15)10-13/h4-10H,1-2H3,(H,22,23). The quantitative estimate of drug-likeness (QED) is 0.570. The molecule has 1 N–H and O–H groups in total. The molecule has 0 radical (unpaired) electrons. The molecule has 4 heterocycles. The molecule has 0 saturated heterocycles. The van der Waals surface area contributed by atoms with Crippen molar-refractivity contribution in [3.8, 4) is 22.5 Å². The number of H-pyrrole nitrogens is 1. The Labute approximate surface area is 138 Å². The number of fused-ring (bicyclic) bond motifs is 1. The van der Waals surface area contributed by atoms with Gasteiger partial charge in [0.25, 0.3) is 5.82 Å². The monoisotopic (exact) mass is 314 g/mol. The second-order valence-corrected chi connectivity index (χ2v) is 5.61. The van der Waals surface area contributed by atoms with Gasteiger partial charge in [-0.2, -0.15) is 5.10 Å². The van der Waals surface area contributed by atoms with E-state index in [1.54, 1.807) is 10.6 Å². The summed E-state index contributed by atoms with van der Waals surface area (Å²) in [4.78, 5) is 12.3. The van der Waals surface area contributed by atoms with Crippen LogP contribution in [-0.4, -0.2) is 24.6 Å². The minimum Gasteiger partial charge on any atom is -0.362 e.